The number of benzene rings is 2. The number of aromatic nitrogens is 2. The predicted octanol–water partition coefficient (Wildman–Crippen LogP) is 4.78. The van der Waals surface area contributed by atoms with Crippen molar-refractivity contribution >= 4 is 28.8 Å². The van der Waals surface area contributed by atoms with Crippen LogP contribution in [0.1, 0.15) is 28.7 Å². The van der Waals surface area contributed by atoms with E-state index in [0.29, 0.717) is 17.2 Å². The van der Waals surface area contributed by atoms with E-state index >= 15 is 0 Å². The lowest BCUT2D eigenvalue weighted by Crippen LogP contribution is -2.02. The van der Waals surface area contributed by atoms with Gasteiger partial charge >= 0.3 is 0 Å². The van der Waals surface area contributed by atoms with Crippen LogP contribution in [0, 0.1) is 13.8 Å². The fourth-order valence-corrected chi connectivity index (χ4v) is 2.50. The first-order valence-corrected chi connectivity index (χ1v) is 8.07. The second-order valence-corrected chi connectivity index (χ2v) is 5.94. The number of carbonyl (C=O) groups is 1. The normalized spacial score (nSPS) is 10.4. The Morgan fingerprint density at radius 2 is 1.48 bits per heavy atom. The number of carbonyl (C=O) groups excluding carboxylic acids is 1. The molecule has 126 valence electrons. The Balaban J connectivity index is 1.80. The van der Waals surface area contributed by atoms with Crippen LogP contribution in [0.3, 0.4) is 0 Å². The van der Waals surface area contributed by atoms with Gasteiger partial charge in [0.2, 0.25) is 0 Å². The Kier molecular flexibility index (Phi) is 4.75. The molecular weight excluding hydrogens is 312 g/mol. The molecule has 0 aliphatic carbocycles. The van der Waals surface area contributed by atoms with Crippen LogP contribution in [0.15, 0.2) is 54.6 Å². The number of aryl methyl sites for hydroxylation is 2. The van der Waals surface area contributed by atoms with Crippen LogP contribution in [0.5, 0.6) is 0 Å². The first-order valence-electron chi connectivity index (χ1n) is 8.07. The van der Waals surface area contributed by atoms with Crippen molar-refractivity contribution in [3.8, 4) is 0 Å². The van der Waals surface area contributed by atoms with E-state index in [2.05, 4.69) is 26.7 Å². The third-order valence-corrected chi connectivity index (χ3v) is 3.69. The average molecular weight is 332 g/mol. The summed E-state index contributed by atoms with van der Waals surface area (Å²) < 4.78 is 0. The van der Waals surface area contributed by atoms with Gasteiger partial charge in [-0.1, -0.05) is 12.1 Å². The van der Waals surface area contributed by atoms with Gasteiger partial charge < -0.3 is 10.6 Å². The molecule has 0 fully saturated rings. The van der Waals surface area contributed by atoms with Gasteiger partial charge in [0.05, 0.1) is 0 Å². The number of ketones is 1. The lowest BCUT2D eigenvalue weighted by Gasteiger charge is -2.11. The minimum Gasteiger partial charge on any atom is -0.340 e. The molecule has 2 aromatic carbocycles. The van der Waals surface area contributed by atoms with Crippen molar-refractivity contribution < 1.29 is 4.79 Å². The van der Waals surface area contributed by atoms with E-state index in [1.54, 1.807) is 19.1 Å². The number of hydrogen-bond donors (Lipinski definition) is 2. The molecule has 0 spiro atoms. The number of nitrogens with one attached hydrogen (secondary N) is 2. The van der Waals surface area contributed by atoms with Crippen molar-refractivity contribution in [1.82, 2.24) is 9.97 Å². The molecule has 0 radical (unpaired) electrons. The van der Waals surface area contributed by atoms with Gasteiger partial charge in [0.15, 0.2) is 5.78 Å². The van der Waals surface area contributed by atoms with Crippen molar-refractivity contribution in [1.29, 1.82) is 0 Å². The molecular formula is C20H20N4O. The summed E-state index contributed by atoms with van der Waals surface area (Å²) in [6, 6.07) is 17.3. The number of anilines is 4. The van der Waals surface area contributed by atoms with Gasteiger partial charge in [0.25, 0.3) is 0 Å². The van der Waals surface area contributed by atoms with E-state index in [1.165, 1.54) is 5.56 Å². The molecule has 0 atom stereocenters. The number of Topliss-reactive ketones (excluding diaryl/α,β-unsaturated/α-hetero) is 1. The van der Waals surface area contributed by atoms with Crippen LogP contribution < -0.4 is 10.6 Å². The van der Waals surface area contributed by atoms with E-state index in [-0.39, 0.29) is 5.78 Å². The van der Waals surface area contributed by atoms with Crippen molar-refractivity contribution in [2.24, 2.45) is 0 Å². The summed E-state index contributed by atoms with van der Waals surface area (Å²) in [5.41, 5.74) is 3.71. The van der Waals surface area contributed by atoms with Crippen molar-refractivity contribution in [2.75, 3.05) is 10.6 Å². The molecule has 0 saturated carbocycles. The highest BCUT2D eigenvalue weighted by Crippen LogP contribution is 2.21. The van der Waals surface area contributed by atoms with Crippen molar-refractivity contribution in [3.05, 3.63) is 71.5 Å². The van der Waals surface area contributed by atoms with Gasteiger partial charge in [0, 0.05) is 23.0 Å². The van der Waals surface area contributed by atoms with Crippen LogP contribution in [-0.4, -0.2) is 15.8 Å². The zero-order valence-electron chi connectivity index (χ0n) is 14.5. The molecule has 1 heterocycles. The summed E-state index contributed by atoms with van der Waals surface area (Å²) in [6.45, 7) is 5.46. The predicted molar refractivity (Wildman–Crippen MR) is 101 cm³/mol. The summed E-state index contributed by atoms with van der Waals surface area (Å²) >= 11 is 0. The van der Waals surface area contributed by atoms with E-state index < -0.39 is 0 Å². The highest BCUT2D eigenvalue weighted by molar-refractivity contribution is 5.94. The largest absolute Gasteiger partial charge is 0.340 e. The van der Waals surface area contributed by atoms with Gasteiger partial charge in [-0.3, -0.25) is 4.79 Å². The second kappa shape index (κ2) is 7.13. The lowest BCUT2D eigenvalue weighted by atomic mass is 10.1. The summed E-state index contributed by atoms with van der Waals surface area (Å²) in [7, 11) is 0. The Hall–Kier alpha value is -3.21. The fraction of sp³-hybridized carbons (Fsp3) is 0.150. The first-order chi connectivity index (χ1) is 12.0. The third-order valence-electron chi connectivity index (χ3n) is 3.69. The Bertz CT molecular complexity index is 904. The average Bonchev–Trinajstić information content (AvgIpc) is 2.54. The Labute approximate surface area is 147 Å². The number of hydrogen-bond acceptors (Lipinski definition) is 5. The molecule has 1 aromatic heterocycles. The Morgan fingerprint density at radius 1 is 0.840 bits per heavy atom. The molecule has 0 amide bonds. The van der Waals surface area contributed by atoms with Crippen LogP contribution in [0.4, 0.5) is 23.0 Å². The molecule has 0 saturated heterocycles. The van der Waals surface area contributed by atoms with Crippen molar-refractivity contribution in [3.63, 3.8) is 0 Å². The topological polar surface area (TPSA) is 66.9 Å². The highest BCUT2D eigenvalue weighted by Gasteiger charge is 2.04. The van der Waals surface area contributed by atoms with Crippen LogP contribution in [-0.2, 0) is 0 Å². The van der Waals surface area contributed by atoms with Gasteiger partial charge in [-0.05, 0) is 62.7 Å². The van der Waals surface area contributed by atoms with E-state index in [4.69, 9.17) is 0 Å². The molecule has 0 aliphatic rings. The first kappa shape index (κ1) is 16.6. The molecule has 3 aromatic rings. The summed E-state index contributed by atoms with van der Waals surface area (Å²) in [5.74, 6) is 2.13. The molecule has 5 nitrogen and oxygen atoms in total. The number of rotatable bonds is 5. The maximum Gasteiger partial charge on any atom is 0.159 e. The third kappa shape index (κ3) is 4.41. The van der Waals surface area contributed by atoms with Gasteiger partial charge in [-0.2, -0.15) is 0 Å². The maximum absolute atomic E-state index is 11.4. The Morgan fingerprint density at radius 3 is 2.08 bits per heavy atom. The van der Waals surface area contributed by atoms with Gasteiger partial charge in [-0.15, -0.1) is 0 Å². The standard InChI is InChI=1S/C20H20N4O/c1-13-5-4-6-18(11-13)24-20-12-19(21-15(3)22-20)23-17-9-7-16(8-10-17)14(2)25/h4-12H,1-3H3,(H2,21,22,23,24). The monoisotopic (exact) mass is 332 g/mol. The quantitative estimate of drug-likeness (QED) is 0.658. The molecule has 0 aliphatic heterocycles. The molecule has 0 bridgehead atoms. The SMILES string of the molecule is CC(=O)c1ccc(Nc2cc(Nc3cccc(C)c3)nc(C)n2)cc1. The fourth-order valence-electron chi connectivity index (χ4n) is 2.50. The summed E-state index contributed by atoms with van der Waals surface area (Å²) in [5, 5.41) is 6.55. The van der Waals surface area contributed by atoms with Crippen LogP contribution >= 0.6 is 0 Å². The highest BCUT2D eigenvalue weighted by atomic mass is 16.1. The van der Waals surface area contributed by atoms with Crippen molar-refractivity contribution in [2.45, 2.75) is 20.8 Å². The van der Waals surface area contributed by atoms with E-state index in [0.717, 1.165) is 17.2 Å². The van der Waals surface area contributed by atoms with E-state index in [1.807, 2.05) is 50.2 Å². The zero-order valence-corrected chi connectivity index (χ0v) is 14.5. The summed E-state index contributed by atoms with van der Waals surface area (Å²) in [6.07, 6.45) is 0. The lowest BCUT2D eigenvalue weighted by molar-refractivity contribution is 0.101. The van der Waals surface area contributed by atoms with Crippen LogP contribution in [0.25, 0.3) is 0 Å². The minimum absolute atomic E-state index is 0.0501. The zero-order chi connectivity index (χ0) is 17.8. The molecule has 5 heteroatoms. The minimum atomic E-state index is 0.0501. The second-order valence-electron chi connectivity index (χ2n) is 5.94. The van der Waals surface area contributed by atoms with E-state index in [9.17, 15) is 4.79 Å². The smallest absolute Gasteiger partial charge is 0.159 e. The summed E-state index contributed by atoms with van der Waals surface area (Å²) in [4.78, 5) is 20.2. The molecule has 2 N–H and O–H groups in total. The maximum atomic E-state index is 11.4. The molecule has 0 unspecified atom stereocenters. The van der Waals surface area contributed by atoms with Gasteiger partial charge in [-0.25, -0.2) is 9.97 Å². The molecule has 25 heavy (non-hydrogen) atoms. The number of nitrogens with zero attached hydrogens (tertiary/aromatic N) is 2. The van der Waals surface area contributed by atoms with Crippen LogP contribution in [0.2, 0.25) is 0 Å². The molecule has 3 rings (SSSR count). The van der Waals surface area contributed by atoms with Gasteiger partial charge in [0.1, 0.15) is 17.5 Å².